The number of hydrogen-bond donors (Lipinski definition) is 2. The zero-order valence-electron chi connectivity index (χ0n) is 14.6. The highest BCUT2D eigenvalue weighted by Crippen LogP contribution is 2.22. The van der Waals surface area contributed by atoms with Crippen LogP contribution < -0.4 is 5.32 Å². The maximum atomic E-state index is 12.0. The minimum atomic E-state index is -0.105. The van der Waals surface area contributed by atoms with E-state index in [-0.39, 0.29) is 24.5 Å². The summed E-state index contributed by atoms with van der Waals surface area (Å²) in [5.41, 5.74) is 5.21. The molecule has 0 aliphatic carbocycles. The second-order valence-electron chi connectivity index (χ2n) is 6.32. The van der Waals surface area contributed by atoms with Crippen LogP contribution in [0.3, 0.4) is 0 Å². The van der Waals surface area contributed by atoms with Crippen molar-refractivity contribution in [1.29, 1.82) is 0 Å². The number of nitrogens with one attached hydrogen (secondary N) is 2. The van der Waals surface area contributed by atoms with Gasteiger partial charge in [0.05, 0.1) is 0 Å². The number of rotatable bonds is 6. The third kappa shape index (κ3) is 3.97. The van der Waals surface area contributed by atoms with Crippen LogP contribution in [0.5, 0.6) is 0 Å². The Hall–Kier alpha value is -2.88. The molecule has 0 fully saturated rings. The minimum Gasteiger partial charge on any atom is -0.358 e. The fourth-order valence-corrected chi connectivity index (χ4v) is 2.90. The first-order valence-electron chi connectivity index (χ1n) is 8.47. The van der Waals surface area contributed by atoms with Gasteiger partial charge in [-0.05, 0) is 37.1 Å². The highest BCUT2D eigenvalue weighted by molar-refractivity contribution is 5.97. The predicted molar refractivity (Wildman–Crippen MR) is 99.6 cm³/mol. The van der Waals surface area contributed by atoms with Gasteiger partial charge < -0.3 is 10.3 Å². The molecule has 3 aromatic rings. The molecule has 1 heterocycles. The molecule has 0 saturated carbocycles. The third-order valence-corrected chi connectivity index (χ3v) is 4.54. The summed E-state index contributed by atoms with van der Waals surface area (Å²) in [6, 6.07) is 15.2. The largest absolute Gasteiger partial charge is 0.358 e. The Morgan fingerprint density at radius 2 is 1.76 bits per heavy atom. The zero-order chi connectivity index (χ0) is 17.8. The van der Waals surface area contributed by atoms with Gasteiger partial charge >= 0.3 is 0 Å². The second kappa shape index (κ2) is 7.34. The number of H-pyrrole nitrogens is 1. The molecule has 0 atom stereocenters. The van der Waals surface area contributed by atoms with Gasteiger partial charge in [0.1, 0.15) is 0 Å². The van der Waals surface area contributed by atoms with Crippen LogP contribution in [0.25, 0.3) is 10.9 Å². The van der Waals surface area contributed by atoms with E-state index in [0.29, 0.717) is 12.1 Å². The van der Waals surface area contributed by atoms with Crippen LogP contribution in [0.1, 0.15) is 40.0 Å². The average molecular weight is 334 g/mol. The van der Waals surface area contributed by atoms with Gasteiger partial charge in [0.25, 0.3) is 0 Å². The molecule has 1 amide bonds. The molecule has 2 aromatic carbocycles. The molecule has 0 unspecified atom stereocenters. The lowest BCUT2D eigenvalue weighted by atomic mass is 10.1. The molecule has 4 nitrogen and oxygen atoms in total. The number of amides is 1. The quantitative estimate of drug-likeness (QED) is 0.668. The Morgan fingerprint density at radius 3 is 2.52 bits per heavy atom. The van der Waals surface area contributed by atoms with Crippen LogP contribution in [0.2, 0.25) is 0 Å². The van der Waals surface area contributed by atoms with Crippen LogP contribution in [-0.4, -0.2) is 16.7 Å². The van der Waals surface area contributed by atoms with Gasteiger partial charge in [-0.1, -0.05) is 36.4 Å². The first-order chi connectivity index (χ1) is 12.0. The molecule has 2 N–H and O–H groups in total. The Labute approximate surface area is 147 Å². The fourth-order valence-electron chi connectivity index (χ4n) is 2.90. The molecular weight excluding hydrogens is 312 g/mol. The Balaban J connectivity index is 1.54. The van der Waals surface area contributed by atoms with Crippen molar-refractivity contribution in [3.05, 3.63) is 70.9 Å². The monoisotopic (exact) mass is 334 g/mol. The molecule has 0 saturated heterocycles. The first-order valence-corrected chi connectivity index (χ1v) is 8.47. The molecule has 0 aliphatic rings. The van der Waals surface area contributed by atoms with Crippen LogP contribution in [0, 0.1) is 13.8 Å². The summed E-state index contributed by atoms with van der Waals surface area (Å²) in [7, 11) is 0. The van der Waals surface area contributed by atoms with Crippen molar-refractivity contribution in [3.63, 3.8) is 0 Å². The maximum absolute atomic E-state index is 12.0. The molecule has 0 spiro atoms. The normalized spacial score (nSPS) is 10.8. The summed E-state index contributed by atoms with van der Waals surface area (Å²) in [6.07, 6.45) is 0.434. The van der Waals surface area contributed by atoms with Crippen molar-refractivity contribution in [2.45, 2.75) is 33.2 Å². The standard InChI is InChI=1S/C21H22N2O2/c1-14-15(2)23-19-9-8-16(12-18(14)19)13-22-21(25)11-10-20(24)17-6-4-3-5-7-17/h3-9,12,23H,10-11,13H2,1-2H3,(H,22,25). The Morgan fingerprint density at radius 1 is 1.00 bits per heavy atom. The van der Waals surface area contributed by atoms with Gasteiger partial charge in [0, 0.05) is 41.5 Å². The summed E-state index contributed by atoms with van der Waals surface area (Å²) < 4.78 is 0. The van der Waals surface area contributed by atoms with Crippen LogP contribution in [0.4, 0.5) is 0 Å². The average Bonchev–Trinajstić information content (AvgIpc) is 2.92. The van der Waals surface area contributed by atoms with E-state index in [1.165, 1.54) is 10.9 Å². The van der Waals surface area contributed by atoms with Gasteiger partial charge in [0.15, 0.2) is 5.78 Å². The SMILES string of the molecule is Cc1[nH]c2ccc(CNC(=O)CCC(=O)c3ccccc3)cc2c1C. The van der Waals surface area contributed by atoms with E-state index in [9.17, 15) is 9.59 Å². The molecule has 3 rings (SSSR count). The third-order valence-electron chi connectivity index (χ3n) is 4.54. The fraction of sp³-hybridized carbons (Fsp3) is 0.238. The van der Waals surface area contributed by atoms with E-state index < -0.39 is 0 Å². The molecule has 0 aliphatic heterocycles. The number of fused-ring (bicyclic) bond motifs is 1. The van der Waals surface area contributed by atoms with Crippen molar-refractivity contribution in [3.8, 4) is 0 Å². The van der Waals surface area contributed by atoms with Gasteiger partial charge in [0.2, 0.25) is 5.91 Å². The predicted octanol–water partition coefficient (Wildman–Crippen LogP) is 4.06. The highest BCUT2D eigenvalue weighted by atomic mass is 16.2. The van der Waals surface area contributed by atoms with E-state index in [0.717, 1.165) is 16.8 Å². The molecule has 128 valence electrons. The molecular formula is C21H22N2O2. The van der Waals surface area contributed by atoms with Crippen molar-refractivity contribution in [1.82, 2.24) is 10.3 Å². The van der Waals surface area contributed by atoms with E-state index in [4.69, 9.17) is 0 Å². The lowest BCUT2D eigenvalue weighted by Crippen LogP contribution is -2.23. The van der Waals surface area contributed by atoms with Crippen LogP contribution in [-0.2, 0) is 11.3 Å². The molecule has 1 aromatic heterocycles. The topological polar surface area (TPSA) is 62.0 Å². The van der Waals surface area contributed by atoms with Gasteiger partial charge in [-0.2, -0.15) is 0 Å². The van der Waals surface area contributed by atoms with Gasteiger partial charge in [-0.25, -0.2) is 0 Å². The summed E-state index contributed by atoms with van der Waals surface area (Å²) >= 11 is 0. The number of carbonyl (C=O) groups is 2. The second-order valence-corrected chi connectivity index (χ2v) is 6.32. The Bertz CT molecular complexity index is 910. The summed E-state index contributed by atoms with van der Waals surface area (Å²) in [4.78, 5) is 27.4. The zero-order valence-corrected chi connectivity index (χ0v) is 14.6. The highest BCUT2D eigenvalue weighted by Gasteiger charge is 2.09. The van der Waals surface area contributed by atoms with Gasteiger partial charge in [-0.15, -0.1) is 0 Å². The number of hydrogen-bond acceptors (Lipinski definition) is 2. The molecule has 0 radical (unpaired) electrons. The molecule has 25 heavy (non-hydrogen) atoms. The Kier molecular flexibility index (Phi) is 4.98. The molecule has 0 bridgehead atoms. The van der Waals surface area contributed by atoms with Crippen LogP contribution in [0.15, 0.2) is 48.5 Å². The number of ketones is 1. The number of carbonyl (C=O) groups excluding carboxylic acids is 2. The van der Waals surface area contributed by atoms with E-state index in [1.807, 2.05) is 30.3 Å². The number of aromatic amines is 1. The van der Waals surface area contributed by atoms with E-state index in [1.54, 1.807) is 12.1 Å². The molecule has 4 heteroatoms. The lowest BCUT2D eigenvalue weighted by molar-refractivity contribution is -0.121. The lowest BCUT2D eigenvalue weighted by Gasteiger charge is -2.06. The summed E-state index contributed by atoms with van der Waals surface area (Å²) in [5, 5.41) is 4.08. The number of aryl methyl sites for hydroxylation is 2. The van der Waals surface area contributed by atoms with Gasteiger partial charge in [-0.3, -0.25) is 9.59 Å². The summed E-state index contributed by atoms with van der Waals surface area (Å²) in [6.45, 7) is 4.62. The van der Waals surface area contributed by atoms with Crippen molar-refractivity contribution < 1.29 is 9.59 Å². The van der Waals surface area contributed by atoms with Crippen molar-refractivity contribution >= 4 is 22.6 Å². The number of Topliss-reactive ketones (excluding diaryl/α,β-unsaturated/α-hetero) is 1. The maximum Gasteiger partial charge on any atom is 0.220 e. The number of aromatic nitrogens is 1. The van der Waals surface area contributed by atoms with Crippen molar-refractivity contribution in [2.75, 3.05) is 0 Å². The van der Waals surface area contributed by atoms with E-state index >= 15 is 0 Å². The number of benzene rings is 2. The first kappa shape index (κ1) is 17.0. The van der Waals surface area contributed by atoms with Crippen molar-refractivity contribution in [2.24, 2.45) is 0 Å². The van der Waals surface area contributed by atoms with Crippen LogP contribution >= 0.6 is 0 Å². The summed E-state index contributed by atoms with van der Waals surface area (Å²) in [5.74, 6) is -0.109. The van der Waals surface area contributed by atoms with E-state index in [2.05, 4.69) is 30.2 Å². The smallest absolute Gasteiger partial charge is 0.220 e. The minimum absolute atomic E-state index is 0.00408.